The zero-order chi connectivity index (χ0) is 21.5. The number of rotatable bonds is 7. The van der Waals surface area contributed by atoms with E-state index in [4.69, 9.17) is 10.00 Å². The zero-order valence-corrected chi connectivity index (χ0v) is 17.6. The van der Waals surface area contributed by atoms with Crippen LogP contribution in [0.5, 0.6) is 0 Å². The predicted molar refractivity (Wildman–Crippen MR) is 116 cm³/mol. The number of carbonyl (C=O) groups excluding carboxylic acids is 2. The lowest BCUT2D eigenvalue weighted by atomic mass is 10.1. The first-order valence-electron chi connectivity index (χ1n) is 9.54. The van der Waals surface area contributed by atoms with Crippen LogP contribution in [0.3, 0.4) is 0 Å². The number of nitrogens with zero attached hydrogens (tertiary/aromatic N) is 2. The molecule has 0 aliphatic rings. The van der Waals surface area contributed by atoms with Crippen molar-refractivity contribution in [3.63, 3.8) is 0 Å². The fraction of sp³-hybridized carbons (Fsp3) is 0.217. The molecule has 1 heterocycles. The highest BCUT2D eigenvalue weighted by Crippen LogP contribution is 2.28. The Balaban J connectivity index is 1.56. The smallest absolute Gasteiger partial charge is 0.350 e. The van der Waals surface area contributed by atoms with Gasteiger partial charge in [0.05, 0.1) is 23.4 Å². The third kappa shape index (κ3) is 5.10. The van der Waals surface area contributed by atoms with Gasteiger partial charge in [-0.2, -0.15) is 5.26 Å². The summed E-state index contributed by atoms with van der Waals surface area (Å²) in [6.45, 7) is 3.80. The summed E-state index contributed by atoms with van der Waals surface area (Å²) in [6.07, 6.45) is 0.957. The minimum atomic E-state index is -0.494. The molecule has 0 radical (unpaired) electrons. The Hall–Kier alpha value is -3.50. The van der Waals surface area contributed by atoms with Crippen molar-refractivity contribution in [3.05, 3.63) is 70.2 Å². The zero-order valence-electron chi connectivity index (χ0n) is 16.8. The van der Waals surface area contributed by atoms with E-state index in [1.54, 1.807) is 31.2 Å². The van der Waals surface area contributed by atoms with Crippen molar-refractivity contribution in [2.24, 2.45) is 0 Å². The molecule has 1 amide bonds. The summed E-state index contributed by atoms with van der Waals surface area (Å²) in [4.78, 5) is 29.4. The lowest BCUT2D eigenvalue weighted by Crippen LogP contribution is -2.16. The summed E-state index contributed by atoms with van der Waals surface area (Å²) >= 11 is 1.28. The number of nitrogens with one attached hydrogen (secondary N) is 1. The molecule has 0 fully saturated rings. The molecular weight excluding hydrogens is 398 g/mol. The molecule has 0 unspecified atom stereocenters. The fourth-order valence-corrected chi connectivity index (χ4v) is 3.76. The minimum Gasteiger partial charge on any atom is -0.461 e. The second-order valence-electron chi connectivity index (χ2n) is 6.58. The number of amides is 1. The Bertz CT molecular complexity index is 1100. The van der Waals surface area contributed by atoms with Crippen molar-refractivity contribution in [2.75, 3.05) is 11.9 Å². The van der Waals surface area contributed by atoms with Gasteiger partial charge in [0, 0.05) is 5.56 Å². The summed E-state index contributed by atoms with van der Waals surface area (Å²) in [7, 11) is 0. The van der Waals surface area contributed by atoms with E-state index in [1.165, 1.54) is 16.9 Å². The van der Waals surface area contributed by atoms with E-state index in [-0.39, 0.29) is 18.9 Å². The van der Waals surface area contributed by atoms with Gasteiger partial charge in [-0.05, 0) is 31.0 Å². The van der Waals surface area contributed by atoms with Crippen molar-refractivity contribution in [2.45, 2.75) is 26.7 Å². The first kappa shape index (κ1) is 21.2. The van der Waals surface area contributed by atoms with Gasteiger partial charge < -0.3 is 10.1 Å². The molecule has 2 aromatic carbocycles. The van der Waals surface area contributed by atoms with Gasteiger partial charge in [-0.15, -0.1) is 11.3 Å². The Kier molecular flexibility index (Phi) is 6.94. The van der Waals surface area contributed by atoms with E-state index in [9.17, 15) is 9.59 Å². The molecule has 0 bridgehead atoms. The second kappa shape index (κ2) is 9.81. The molecule has 30 heavy (non-hydrogen) atoms. The minimum absolute atomic E-state index is 0.00527. The Morgan fingerprint density at radius 2 is 1.90 bits per heavy atom. The van der Waals surface area contributed by atoms with Crippen molar-refractivity contribution >= 4 is 28.9 Å². The molecule has 0 spiro atoms. The highest BCUT2D eigenvalue weighted by atomic mass is 32.1. The molecule has 3 rings (SSSR count). The summed E-state index contributed by atoms with van der Waals surface area (Å²) < 4.78 is 5.27. The third-order valence-corrected chi connectivity index (χ3v) is 5.66. The summed E-state index contributed by atoms with van der Waals surface area (Å²) in [6, 6.07) is 16.8. The standard InChI is InChI=1S/C23H21N3O3S/c1-3-16-8-10-17(11-9-16)22-25-15(2)21(30-22)23(28)29-13-12-20(27)26-19-7-5-4-6-18(19)14-24/h4-11H,3,12-13H2,1-2H3,(H,26,27). The molecular formula is C23H21N3O3S. The van der Waals surface area contributed by atoms with Crippen LogP contribution in [-0.4, -0.2) is 23.5 Å². The van der Waals surface area contributed by atoms with Gasteiger partial charge in [0.15, 0.2) is 0 Å². The van der Waals surface area contributed by atoms with Crippen molar-refractivity contribution in [1.29, 1.82) is 5.26 Å². The van der Waals surface area contributed by atoms with Crippen LogP contribution in [0, 0.1) is 18.3 Å². The first-order valence-corrected chi connectivity index (χ1v) is 10.4. The quantitative estimate of drug-likeness (QED) is 0.559. The molecule has 0 aliphatic heterocycles. The lowest BCUT2D eigenvalue weighted by molar-refractivity contribution is -0.116. The number of hydrogen-bond donors (Lipinski definition) is 1. The normalized spacial score (nSPS) is 10.3. The van der Waals surface area contributed by atoms with E-state index in [0.717, 1.165) is 17.0 Å². The summed E-state index contributed by atoms with van der Waals surface area (Å²) in [5.74, 6) is -0.824. The number of anilines is 1. The van der Waals surface area contributed by atoms with E-state index in [2.05, 4.69) is 17.2 Å². The molecule has 152 valence electrons. The van der Waals surface area contributed by atoms with Crippen molar-refractivity contribution in [1.82, 2.24) is 4.98 Å². The summed E-state index contributed by atoms with van der Waals surface area (Å²) in [5, 5.41) is 12.5. The van der Waals surface area contributed by atoms with Gasteiger partial charge in [-0.25, -0.2) is 9.78 Å². The number of carbonyl (C=O) groups is 2. The van der Waals surface area contributed by atoms with Crippen LogP contribution in [0.2, 0.25) is 0 Å². The van der Waals surface area contributed by atoms with Crippen LogP contribution in [0.25, 0.3) is 10.6 Å². The number of ether oxygens (including phenoxy) is 1. The molecule has 3 aromatic rings. The average Bonchev–Trinajstić information content (AvgIpc) is 3.15. The highest BCUT2D eigenvalue weighted by Gasteiger charge is 2.18. The topological polar surface area (TPSA) is 92.1 Å². The van der Waals surface area contributed by atoms with Crippen LogP contribution in [0.4, 0.5) is 5.69 Å². The lowest BCUT2D eigenvalue weighted by Gasteiger charge is -2.07. The molecule has 0 aliphatic carbocycles. The maximum absolute atomic E-state index is 12.4. The number of benzene rings is 2. The van der Waals surface area contributed by atoms with Gasteiger partial charge in [-0.3, -0.25) is 4.79 Å². The van der Waals surface area contributed by atoms with Crippen LogP contribution in [0.15, 0.2) is 48.5 Å². The molecule has 1 aromatic heterocycles. The number of para-hydroxylation sites is 1. The fourth-order valence-electron chi connectivity index (χ4n) is 2.80. The van der Waals surface area contributed by atoms with Crippen LogP contribution >= 0.6 is 11.3 Å². The van der Waals surface area contributed by atoms with E-state index >= 15 is 0 Å². The Labute approximate surface area is 179 Å². The maximum Gasteiger partial charge on any atom is 0.350 e. The molecule has 0 saturated heterocycles. The van der Waals surface area contributed by atoms with Crippen LogP contribution in [0.1, 0.15) is 39.8 Å². The van der Waals surface area contributed by atoms with E-state index < -0.39 is 5.97 Å². The van der Waals surface area contributed by atoms with Crippen molar-refractivity contribution < 1.29 is 14.3 Å². The molecule has 6 nitrogen and oxygen atoms in total. The second-order valence-corrected chi connectivity index (χ2v) is 7.57. The van der Waals surface area contributed by atoms with Crippen LogP contribution < -0.4 is 5.32 Å². The molecule has 7 heteroatoms. The molecule has 0 atom stereocenters. The van der Waals surface area contributed by atoms with E-state index in [0.29, 0.717) is 21.8 Å². The predicted octanol–water partition coefficient (Wildman–Crippen LogP) is 4.74. The first-order chi connectivity index (χ1) is 14.5. The van der Waals surface area contributed by atoms with Gasteiger partial charge in [-0.1, -0.05) is 43.3 Å². The Morgan fingerprint density at radius 3 is 2.60 bits per heavy atom. The number of aryl methyl sites for hydroxylation is 2. The number of hydrogen-bond acceptors (Lipinski definition) is 6. The largest absolute Gasteiger partial charge is 0.461 e. The van der Waals surface area contributed by atoms with Gasteiger partial charge >= 0.3 is 5.97 Å². The number of esters is 1. The molecule has 1 N–H and O–H groups in total. The Morgan fingerprint density at radius 1 is 1.17 bits per heavy atom. The maximum atomic E-state index is 12.4. The highest BCUT2D eigenvalue weighted by molar-refractivity contribution is 7.17. The SMILES string of the molecule is CCc1ccc(-c2nc(C)c(C(=O)OCCC(=O)Nc3ccccc3C#N)s2)cc1. The number of aromatic nitrogens is 1. The number of nitriles is 1. The number of thiazole rings is 1. The van der Waals surface area contributed by atoms with Crippen LogP contribution in [-0.2, 0) is 16.0 Å². The average molecular weight is 420 g/mol. The molecule has 0 saturated carbocycles. The van der Waals surface area contributed by atoms with Crippen molar-refractivity contribution in [3.8, 4) is 16.6 Å². The van der Waals surface area contributed by atoms with Gasteiger partial charge in [0.25, 0.3) is 0 Å². The monoisotopic (exact) mass is 419 g/mol. The summed E-state index contributed by atoms with van der Waals surface area (Å²) in [5.41, 5.74) is 3.61. The van der Waals surface area contributed by atoms with Gasteiger partial charge in [0.2, 0.25) is 5.91 Å². The van der Waals surface area contributed by atoms with E-state index in [1.807, 2.05) is 30.3 Å². The third-order valence-electron chi connectivity index (χ3n) is 4.48. The van der Waals surface area contributed by atoms with Gasteiger partial charge in [0.1, 0.15) is 22.6 Å².